The summed E-state index contributed by atoms with van der Waals surface area (Å²) in [5.41, 5.74) is 1.82. The Morgan fingerprint density at radius 3 is 2.73 bits per heavy atom. The molecule has 1 aromatic rings. The summed E-state index contributed by atoms with van der Waals surface area (Å²) in [5, 5.41) is 8.68. The Bertz CT molecular complexity index is 328. The van der Waals surface area contributed by atoms with E-state index < -0.39 is 0 Å². The molecule has 1 aromatic carbocycles. The van der Waals surface area contributed by atoms with Gasteiger partial charge in [-0.15, -0.1) is 0 Å². The van der Waals surface area contributed by atoms with Crippen LogP contribution in [0, 0.1) is 21.8 Å². The monoisotopic (exact) mass is 321 g/mol. The van der Waals surface area contributed by atoms with Crippen LogP contribution in [0.15, 0.2) is 16.6 Å². The molecule has 11 heavy (non-hydrogen) atoms. The van der Waals surface area contributed by atoms with Gasteiger partial charge in [0.05, 0.1) is 5.56 Å². The Morgan fingerprint density at radius 1 is 1.55 bits per heavy atom. The number of nitriles is 1. The van der Waals surface area contributed by atoms with Gasteiger partial charge in [-0.25, -0.2) is 0 Å². The fourth-order valence-electron chi connectivity index (χ4n) is 0.806. The summed E-state index contributed by atoms with van der Waals surface area (Å²) in [5.74, 6) is 0. The first kappa shape index (κ1) is 9.01. The standard InChI is InChI=1S/C8H5BrIN/c1-5-2-6(4-11)8(9)7(10)3-5/h2-3H,1H3. The maximum atomic E-state index is 8.68. The van der Waals surface area contributed by atoms with Crippen LogP contribution in [0.4, 0.5) is 0 Å². The molecule has 0 atom stereocenters. The maximum Gasteiger partial charge on any atom is 0.100 e. The Labute approximate surface area is 87.7 Å². The average Bonchev–Trinajstić information content (AvgIpc) is 1.96. The van der Waals surface area contributed by atoms with Crippen LogP contribution in [-0.2, 0) is 0 Å². The Kier molecular flexibility index (Phi) is 2.90. The SMILES string of the molecule is Cc1cc(I)c(Br)c(C#N)c1. The second kappa shape index (κ2) is 3.55. The summed E-state index contributed by atoms with van der Waals surface area (Å²) >= 11 is 5.55. The van der Waals surface area contributed by atoms with E-state index in [4.69, 9.17) is 5.26 Å². The van der Waals surface area contributed by atoms with Gasteiger partial charge >= 0.3 is 0 Å². The number of halogens is 2. The van der Waals surface area contributed by atoms with Crippen molar-refractivity contribution in [2.75, 3.05) is 0 Å². The molecule has 1 nitrogen and oxygen atoms in total. The molecule has 0 aliphatic heterocycles. The molecule has 0 aromatic heterocycles. The van der Waals surface area contributed by atoms with Crippen molar-refractivity contribution in [3.8, 4) is 6.07 Å². The lowest BCUT2D eigenvalue weighted by molar-refractivity contribution is 1.38. The molecule has 0 saturated carbocycles. The predicted molar refractivity (Wildman–Crippen MR) is 56.3 cm³/mol. The summed E-state index contributed by atoms with van der Waals surface area (Å²) < 4.78 is 1.98. The van der Waals surface area contributed by atoms with Crippen LogP contribution < -0.4 is 0 Å². The Balaban J connectivity index is 3.39. The van der Waals surface area contributed by atoms with Crippen molar-refractivity contribution in [1.82, 2.24) is 0 Å². The lowest BCUT2D eigenvalue weighted by atomic mass is 10.2. The fourth-order valence-corrected chi connectivity index (χ4v) is 1.91. The van der Waals surface area contributed by atoms with Crippen LogP contribution in [-0.4, -0.2) is 0 Å². The van der Waals surface area contributed by atoms with Gasteiger partial charge in [0.1, 0.15) is 6.07 Å². The first-order valence-electron chi connectivity index (χ1n) is 3.01. The molecular weight excluding hydrogens is 317 g/mol. The summed E-state index contributed by atoms with van der Waals surface area (Å²) in [6.07, 6.45) is 0. The molecular formula is C8H5BrIN. The number of aryl methyl sites for hydroxylation is 1. The minimum absolute atomic E-state index is 0.703. The smallest absolute Gasteiger partial charge is 0.100 e. The molecule has 0 N–H and O–H groups in total. The molecule has 0 aliphatic carbocycles. The zero-order valence-electron chi connectivity index (χ0n) is 5.86. The Morgan fingerprint density at radius 2 is 2.18 bits per heavy atom. The van der Waals surface area contributed by atoms with E-state index in [1.807, 2.05) is 19.1 Å². The van der Waals surface area contributed by atoms with E-state index in [2.05, 4.69) is 44.6 Å². The van der Waals surface area contributed by atoms with Crippen molar-refractivity contribution in [1.29, 1.82) is 5.26 Å². The molecule has 0 unspecified atom stereocenters. The second-order valence-electron chi connectivity index (χ2n) is 2.22. The lowest BCUT2D eigenvalue weighted by Crippen LogP contribution is -1.84. The summed E-state index contributed by atoms with van der Waals surface area (Å²) in [6, 6.07) is 6.03. The van der Waals surface area contributed by atoms with E-state index in [0.717, 1.165) is 13.6 Å². The number of benzene rings is 1. The summed E-state index contributed by atoms with van der Waals surface area (Å²) in [7, 11) is 0. The zero-order chi connectivity index (χ0) is 8.43. The van der Waals surface area contributed by atoms with Gasteiger partial charge in [-0.3, -0.25) is 0 Å². The quantitative estimate of drug-likeness (QED) is 0.673. The molecule has 0 radical (unpaired) electrons. The second-order valence-corrected chi connectivity index (χ2v) is 4.18. The van der Waals surface area contributed by atoms with E-state index in [-0.39, 0.29) is 0 Å². The molecule has 1 rings (SSSR count). The maximum absolute atomic E-state index is 8.68. The van der Waals surface area contributed by atoms with Gasteiger partial charge in [0, 0.05) is 8.04 Å². The molecule has 0 spiro atoms. The number of nitrogens with zero attached hydrogens (tertiary/aromatic N) is 1. The highest BCUT2D eigenvalue weighted by Gasteiger charge is 2.03. The van der Waals surface area contributed by atoms with E-state index in [1.54, 1.807) is 0 Å². The highest BCUT2D eigenvalue weighted by Crippen LogP contribution is 2.24. The summed E-state index contributed by atoms with van der Waals surface area (Å²) in [4.78, 5) is 0. The van der Waals surface area contributed by atoms with Gasteiger partial charge in [0.2, 0.25) is 0 Å². The lowest BCUT2D eigenvalue weighted by Gasteiger charge is -1.99. The van der Waals surface area contributed by atoms with E-state index >= 15 is 0 Å². The van der Waals surface area contributed by atoms with Crippen LogP contribution in [0.5, 0.6) is 0 Å². The predicted octanol–water partition coefficient (Wildman–Crippen LogP) is 3.23. The van der Waals surface area contributed by atoms with Crippen LogP contribution in [0.2, 0.25) is 0 Å². The molecule has 0 amide bonds. The van der Waals surface area contributed by atoms with Crippen LogP contribution in [0.25, 0.3) is 0 Å². The van der Waals surface area contributed by atoms with Crippen LogP contribution in [0.3, 0.4) is 0 Å². The molecule has 0 saturated heterocycles. The third-order valence-corrected chi connectivity index (χ3v) is 3.74. The van der Waals surface area contributed by atoms with Crippen molar-refractivity contribution in [3.05, 3.63) is 31.3 Å². The van der Waals surface area contributed by atoms with Crippen molar-refractivity contribution in [3.63, 3.8) is 0 Å². The van der Waals surface area contributed by atoms with Crippen molar-refractivity contribution < 1.29 is 0 Å². The number of hydrogen-bond donors (Lipinski definition) is 0. The summed E-state index contributed by atoms with van der Waals surface area (Å²) in [6.45, 7) is 1.98. The molecule has 56 valence electrons. The van der Waals surface area contributed by atoms with Crippen molar-refractivity contribution in [2.45, 2.75) is 6.92 Å². The number of rotatable bonds is 0. The van der Waals surface area contributed by atoms with Crippen molar-refractivity contribution >= 4 is 38.5 Å². The van der Waals surface area contributed by atoms with Crippen molar-refractivity contribution in [2.24, 2.45) is 0 Å². The van der Waals surface area contributed by atoms with Gasteiger partial charge in [0.15, 0.2) is 0 Å². The minimum atomic E-state index is 0.703. The minimum Gasteiger partial charge on any atom is -0.192 e. The first-order valence-corrected chi connectivity index (χ1v) is 4.88. The van der Waals surface area contributed by atoms with Crippen LogP contribution >= 0.6 is 38.5 Å². The van der Waals surface area contributed by atoms with Gasteiger partial charge in [-0.2, -0.15) is 5.26 Å². The van der Waals surface area contributed by atoms with Gasteiger partial charge in [-0.1, -0.05) is 0 Å². The number of hydrogen-bond acceptors (Lipinski definition) is 1. The Hall–Kier alpha value is -0.0800. The highest BCUT2D eigenvalue weighted by atomic mass is 127. The van der Waals surface area contributed by atoms with Crippen LogP contribution in [0.1, 0.15) is 11.1 Å². The van der Waals surface area contributed by atoms with Gasteiger partial charge in [0.25, 0.3) is 0 Å². The fraction of sp³-hybridized carbons (Fsp3) is 0.125. The van der Waals surface area contributed by atoms with E-state index in [1.165, 1.54) is 0 Å². The first-order chi connectivity index (χ1) is 5.15. The normalized spacial score (nSPS) is 9.27. The molecule has 0 fully saturated rings. The van der Waals surface area contributed by atoms with E-state index in [0.29, 0.717) is 5.56 Å². The molecule has 0 bridgehead atoms. The molecule has 0 aliphatic rings. The largest absolute Gasteiger partial charge is 0.192 e. The molecule has 0 heterocycles. The third-order valence-electron chi connectivity index (χ3n) is 1.29. The average molecular weight is 322 g/mol. The molecule has 3 heteroatoms. The van der Waals surface area contributed by atoms with Gasteiger partial charge < -0.3 is 0 Å². The third kappa shape index (κ3) is 1.94. The zero-order valence-corrected chi connectivity index (χ0v) is 9.60. The van der Waals surface area contributed by atoms with Gasteiger partial charge in [-0.05, 0) is 63.1 Å². The topological polar surface area (TPSA) is 23.8 Å². The van der Waals surface area contributed by atoms with E-state index in [9.17, 15) is 0 Å². The highest BCUT2D eigenvalue weighted by molar-refractivity contribution is 14.1.